The molecule has 1 atom stereocenters. The van der Waals surface area contributed by atoms with Gasteiger partial charge in [0.15, 0.2) is 11.5 Å². The highest BCUT2D eigenvalue weighted by molar-refractivity contribution is 5.83. The summed E-state index contributed by atoms with van der Waals surface area (Å²) in [6, 6.07) is 1.99. The van der Waals surface area contributed by atoms with Crippen molar-refractivity contribution in [3.8, 4) is 0 Å². The molecule has 0 radical (unpaired) electrons. The van der Waals surface area contributed by atoms with Crippen molar-refractivity contribution in [2.24, 2.45) is 5.92 Å². The van der Waals surface area contributed by atoms with E-state index in [4.69, 9.17) is 4.74 Å². The van der Waals surface area contributed by atoms with Crippen LogP contribution in [0.4, 0.5) is 11.6 Å². The molecule has 4 rings (SSSR count). The number of hydrogen-bond acceptors (Lipinski definition) is 9. The molecule has 1 fully saturated rings. The van der Waals surface area contributed by atoms with Gasteiger partial charge in [0.2, 0.25) is 5.91 Å². The number of imidazole rings is 1. The summed E-state index contributed by atoms with van der Waals surface area (Å²) in [6.45, 7) is 2.67. The fourth-order valence-corrected chi connectivity index (χ4v) is 3.90. The molecule has 0 saturated carbocycles. The van der Waals surface area contributed by atoms with E-state index in [1.54, 1.807) is 19.8 Å². The summed E-state index contributed by atoms with van der Waals surface area (Å²) in [5, 5.41) is 0. The van der Waals surface area contributed by atoms with Gasteiger partial charge < -0.3 is 24.4 Å². The van der Waals surface area contributed by atoms with Crippen LogP contribution in [0, 0.1) is 5.92 Å². The molecule has 1 unspecified atom stereocenters. The summed E-state index contributed by atoms with van der Waals surface area (Å²) in [4.78, 5) is 43.5. The Labute approximate surface area is 180 Å². The molecule has 0 aromatic carbocycles. The van der Waals surface area contributed by atoms with E-state index in [9.17, 15) is 4.79 Å². The molecule has 0 bridgehead atoms. The number of hydrogen-bond donors (Lipinski definition) is 1. The van der Waals surface area contributed by atoms with Gasteiger partial charge in [-0.1, -0.05) is 0 Å². The molecule has 0 aliphatic carbocycles. The third-order valence-corrected chi connectivity index (χ3v) is 5.39. The Morgan fingerprint density at radius 2 is 2.00 bits per heavy atom. The van der Waals surface area contributed by atoms with Gasteiger partial charge in [0.25, 0.3) is 0 Å². The van der Waals surface area contributed by atoms with Gasteiger partial charge in [0, 0.05) is 59.1 Å². The molecular formula is C20H27N9O2. The van der Waals surface area contributed by atoms with Gasteiger partial charge in [-0.15, -0.1) is 0 Å². The molecule has 3 aromatic heterocycles. The standard InChI is InChI=1S/C20H27N9O2/c1-27(2)16-7-15(21-11-22-16)6-14-8-28(17(30)10-31-3)4-5-29(9-14)20-18-19(24-12-23-18)25-13-26-20/h7,11-14H,4-6,8-10H2,1-3H3,(H,23,24,25,26). The predicted molar refractivity (Wildman–Crippen MR) is 116 cm³/mol. The fourth-order valence-electron chi connectivity index (χ4n) is 3.90. The SMILES string of the molecule is COCC(=O)N1CCN(c2ncnc3nc[nH]c23)CC(Cc2cc(N(C)C)ncn2)C1. The van der Waals surface area contributed by atoms with E-state index < -0.39 is 0 Å². The lowest BCUT2D eigenvalue weighted by atomic mass is 10.0. The fraction of sp³-hybridized carbons (Fsp3) is 0.500. The maximum absolute atomic E-state index is 12.6. The zero-order valence-corrected chi connectivity index (χ0v) is 18.0. The third kappa shape index (κ3) is 4.71. The first kappa shape index (κ1) is 20.9. The van der Waals surface area contributed by atoms with Crippen LogP contribution < -0.4 is 9.80 Å². The number of carbonyl (C=O) groups excluding carboxylic acids is 1. The normalized spacial score (nSPS) is 17.1. The minimum absolute atomic E-state index is 0.0135. The van der Waals surface area contributed by atoms with Crippen molar-refractivity contribution >= 4 is 28.7 Å². The molecule has 3 aromatic rings. The number of methoxy groups -OCH3 is 1. The van der Waals surface area contributed by atoms with Crippen molar-refractivity contribution in [2.75, 3.05) is 63.8 Å². The molecule has 31 heavy (non-hydrogen) atoms. The van der Waals surface area contributed by atoms with E-state index in [0.717, 1.165) is 29.4 Å². The zero-order valence-electron chi connectivity index (χ0n) is 18.0. The van der Waals surface area contributed by atoms with Crippen LogP contribution in [-0.4, -0.2) is 94.7 Å². The number of anilines is 2. The molecule has 1 saturated heterocycles. The van der Waals surface area contributed by atoms with Crippen LogP contribution in [-0.2, 0) is 16.0 Å². The van der Waals surface area contributed by atoms with E-state index >= 15 is 0 Å². The number of aromatic nitrogens is 6. The van der Waals surface area contributed by atoms with Crippen LogP contribution in [0.3, 0.4) is 0 Å². The number of H-pyrrole nitrogens is 1. The largest absolute Gasteiger partial charge is 0.375 e. The van der Waals surface area contributed by atoms with E-state index in [0.29, 0.717) is 31.7 Å². The molecule has 164 valence electrons. The Bertz CT molecular complexity index is 1040. The quantitative estimate of drug-likeness (QED) is 0.597. The molecule has 1 N–H and O–H groups in total. The molecule has 4 heterocycles. The second kappa shape index (κ2) is 9.21. The summed E-state index contributed by atoms with van der Waals surface area (Å²) >= 11 is 0. The van der Waals surface area contributed by atoms with E-state index in [1.807, 2.05) is 30.0 Å². The van der Waals surface area contributed by atoms with Crippen molar-refractivity contribution in [2.45, 2.75) is 6.42 Å². The average molecular weight is 425 g/mol. The Morgan fingerprint density at radius 1 is 1.16 bits per heavy atom. The van der Waals surface area contributed by atoms with Gasteiger partial charge in [-0.2, -0.15) is 0 Å². The highest BCUT2D eigenvalue weighted by atomic mass is 16.5. The average Bonchev–Trinajstić information content (AvgIpc) is 3.15. The number of aromatic amines is 1. The van der Waals surface area contributed by atoms with Gasteiger partial charge in [0.05, 0.1) is 6.33 Å². The molecule has 0 spiro atoms. The minimum atomic E-state index is -0.0135. The lowest BCUT2D eigenvalue weighted by Crippen LogP contribution is -2.38. The second-order valence-electron chi connectivity index (χ2n) is 7.85. The van der Waals surface area contributed by atoms with Crippen LogP contribution in [0.2, 0.25) is 0 Å². The van der Waals surface area contributed by atoms with E-state index in [1.165, 1.54) is 6.33 Å². The van der Waals surface area contributed by atoms with Crippen molar-refractivity contribution in [1.29, 1.82) is 0 Å². The predicted octanol–water partition coefficient (Wildman–Crippen LogP) is 0.363. The maximum Gasteiger partial charge on any atom is 0.248 e. The van der Waals surface area contributed by atoms with Crippen molar-refractivity contribution < 1.29 is 9.53 Å². The first-order valence-corrected chi connectivity index (χ1v) is 10.2. The summed E-state index contributed by atoms with van der Waals surface area (Å²) in [5.74, 6) is 1.80. The first-order chi connectivity index (χ1) is 15.0. The number of amides is 1. The van der Waals surface area contributed by atoms with Gasteiger partial charge in [-0.3, -0.25) is 4.79 Å². The third-order valence-electron chi connectivity index (χ3n) is 5.39. The number of fused-ring (bicyclic) bond motifs is 1. The highest BCUT2D eigenvalue weighted by Gasteiger charge is 2.28. The monoisotopic (exact) mass is 425 g/mol. The van der Waals surface area contributed by atoms with Gasteiger partial charge in [-0.25, -0.2) is 24.9 Å². The number of ether oxygens (including phenoxy) is 1. The Morgan fingerprint density at radius 3 is 2.81 bits per heavy atom. The summed E-state index contributed by atoms with van der Waals surface area (Å²) < 4.78 is 5.09. The molecule has 1 amide bonds. The number of carbonyl (C=O) groups is 1. The Hall–Kier alpha value is -3.34. The number of nitrogens with zero attached hydrogens (tertiary/aromatic N) is 8. The van der Waals surface area contributed by atoms with Crippen molar-refractivity contribution in [3.05, 3.63) is 30.7 Å². The van der Waals surface area contributed by atoms with Crippen LogP contribution in [0.25, 0.3) is 11.2 Å². The summed E-state index contributed by atoms with van der Waals surface area (Å²) in [7, 11) is 5.45. The van der Waals surface area contributed by atoms with Gasteiger partial charge in [-0.05, 0) is 12.3 Å². The van der Waals surface area contributed by atoms with Gasteiger partial charge >= 0.3 is 0 Å². The molecule has 11 nitrogen and oxygen atoms in total. The first-order valence-electron chi connectivity index (χ1n) is 10.2. The molecular weight excluding hydrogens is 398 g/mol. The lowest BCUT2D eigenvalue weighted by Gasteiger charge is -2.25. The van der Waals surface area contributed by atoms with Crippen LogP contribution in [0.15, 0.2) is 25.0 Å². The molecule has 1 aliphatic heterocycles. The van der Waals surface area contributed by atoms with Crippen molar-refractivity contribution in [1.82, 2.24) is 34.8 Å². The van der Waals surface area contributed by atoms with Crippen LogP contribution in [0.5, 0.6) is 0 Å². The Kier molecular flexibility index (Phi) is 6.21. The number of nitrogens with one attached hydrogen (secondary N) is 1. The van der Waals surface area contributed by atoms with E-state index in [-0.39, 0.29) is 18.4 Å². The topological polar surface area (TPSA) is 116 Å². The van der Waals surface area contributed by atoms with Gasteiger partial charge in [0.1, 0.15) is 30.6 Å². The molecule has 11 heteroatoms. The summed E-state index contributed by atoms with van der Waals surface area (Å²) in [6.07, 6.45) is 5.45. The highest BCUT2D eigenvalue weighted by Crippen LogP contribution is 2.24. The number of rotatable bonds is 6. The molecule has 1 aliphatic rings. The van der Waals surface area contributed by atoms with Crippen LogP contribution >= 0.6 is 0 Å². The smallest absolute Gasteiger partial charge is 0.248 e. The van der Waals surface area contributed by atoms with Crippen molar-refractivity contribution in [3.63, 3.8) is 0 Å². The minimum Gasteiger partial charge on any atom is -0.375 e. The summed E-state index contributed by atoms with van der Waals surface area (Å²) in [5.41, 5.74) is 2.37. The zero-order chi connectivity index (χ0) is 21.8. The maximum atomic E-state index is 12.6. The van der Waals surface area contributed by atoms with E-state index in [2.05, 4.69) is 34.8 Å². The lowest BCUT2D eigenvalue weighted by molar-refractivity contribution is -0.135. The second-order valence-corrected chi connectivity index (χ2v) is 7.85. The van der Waals surface area contributed by atoms with Crippen LogP contribution in [0.1, 0.15) is 5.69 Å². The Balaban J connectivity index is 1.61.